The highest BCUT2D eigenvalue weighted by Crippen LogP contribution is 2.38. The van der Waals surface area contributed by atoms with Gasteiger partial charge in [-0.1, -0.05) is 0 Å². The lowest BCUT2D eigenvalue weighted by Gasteiger charge is -2.50. The van der Waals surface area contributed by atoms with Gasteiger partial charge in [0.1, 0.15) is 6.04 Å². The van der Waals surface area contributed by atoms with Crippen molar-refractivity contribution in [2.45, 2.75) is 51.2 Å². The van der Waals surface area contributed by atoms with Crippen molar-refractivity contribution in [1.82, 2.24) is 10.1 Å². The molecule has 1 saturated heterocycles. The first-order valence-electron chi connectivity index (χ1n) is 5.43. The largest absolute Gasteiger partial charge is 0.623 e. The lowest BCUT2D eigenvalue weighted by Crippen LogP contribution is -2.68. The van der Waals surface area contributed by atoms with Crippen molar-refractivity contribution in [3.05, 3.63) is 5.21 Å². The Morgan fingerprint density at radius 2 is 1.88 bits per heavy atom. The van der Waals surface area contributed by atoms with Crippen LogP contribution in [0.2, 0.25) is 0 Å². The number of hydroxylamine groups is 5. The molecule has 0 aromatic rings. The van der Waals surface area contributed by atoms with E-state index in [0.29, 0.717) is 12.1 Å². The molecule has 2 aliphatic heterocycles. The van der Waals surface area contributed by atoms with Crippen LogP contribution in [0.3, 0.4) is 0 Å². The molecule has 1 unspecified atom stereocenters. The minimum absolute atomic E-state index is 0.0483. The highest BCUT2D eigenvalue weighted by Gasteiger charge is 2.58. The summed E-state index contributed by atoms with van der Waals surface area (Å²) >= 11 is 0. The van der Waals surface area contributed by atoms with E-state index in [-0.39, 0.29) is 6.67 Å². The average Bonchev–Trinajstić information content (AvgIpc) is 2.38. The molecule has 1 fully saturated rings. The average molecular weight is 229 g/mol. The van der Waals surface area contributed by atoms with Crippen molar-refractivity contribution in [2.75, 3.05) is 6.67 Å². The standard InChI is InChI=1S/C10H19N3O3/c1-9(2)5-7-8(10(3,4)13(9)16)12(15)6-11(7)14/h8,15-16H,5-6H2,1-4H3. The molecule has 6 heteroatoms. The molecule has 0 aromatic heterocycles. The summed E-state index contributed by atoms with van der Waals surface area (Å²) in [4.78, 5) is 0. The number of piperidine rings is 1. The first-order valence-corrected chi connectivity index (χ1v) is 5.43. The van der Waals surface area contributed by atoms with Gasteiger partial charge in [0, 0.05) is 0 Å². The van der Waals surface area contributed by atoms with Crippen LogP contribution in [0.1, 0.15) is 34.1 Å². The molecule has 92 valence electrons. The van der Waals surface area contributed by atoms with Crippen LogP contribution in [-0.2, 0) is 0 Å². The van der Waals surface area contributed by atoms with Crippen molar-refractivity contribution in [3.8, 4) is 0 Å². The van der Waals surface area contributed by atoms with Crippen LogP contribution < -0.4 is 0 Å². The second kappa shape index (κ2) is 3.16. The van der Waals surface area contributed by atoms with Crippen molar-refractivity contribution in [1.29, 1.82) is 0 Å². The Balaban J connectivity index is 2.47. The number of fused-ring (bicyclic) bond motifs is 1. The van der Waals surface area contributed by atoms with Gasteiger partial charge in [-0.15, -0.1) is 5.06 Å². The summed E-state index contributed by atoms with van der Waals surface area (Å²) in [6.07, 6.45) is 0.457. The molecular weight excluding hydrogens is 210 g/mol. The Bertz CT molecular complexity index is 351. The van der Waals surface area contributed by atoms with Gasteiger partial charge in [0.2, 0.25) is 6.67 Å². The molecule has 2 rings (SSSR count). The maximum absolute atomic E-state index is 11.7. The van der Waals surface area contributed by atoms with Crippen molar-refractivity contribution in [3.63, 3.8) is 0 Å². The third kappa shape index (κ3) is 1.37. The number of hydrogen-bond acceptors (Lipinski definition) is 5. The minimum Gasteiger partial charge on any atom is -0.623 e. The molecule has 0 radical (unpaired) electrons. The van der Waals surface area contributed by atoms with E-state index in [1.54, 1.807) is 0 Å². The van der Waals surface area contributed by atoms with Crippen LogP contribution in [0.25, 0.3) is 0 Å². The molecule has 0 amide bonds. The molecule has 6 nitrogen and oxygen atoms in total. The smallest absolute Gasteiger partial charge is 0.231 e. The Morgan fingerprint density at radius 3 is 2.44 bits per heavy atom. The summed E-state index contributed by atoms with van der Waals surface area (Å²) in [6, 6.07) is -0.442. The highest BCUT2D eigenvalue weighted by molar-refractivity contribution is 5.89. The van der Waals surface area contributed by atoms with Crippen molar-refractivity contribution in [2.24, 2.45) is 0 Å². The zero-order chi connectivity index (χ0) is 12.3. The third-order valence-electron chi connectivity index (χ3n) is 3.61. The predicted molar refractivity (Wildman–Crippen MR) is 57.3 cm³/mol. The van der Waals surface area contributed by atoms with Crippen LogP contribution in [0.4, 0.5) is 0 Å². The first-order chi connectivity index (χ1) is 7.18. The van der Waals surface area contributed by atoms with Crippen LogP contribution in [0, 0.1) is 5.21 Å². The zero-order valence-corrected chi connectivity index (χ0v) is 10.1. The Hall–Kier alpha value is -0.690. The number of rotatable bonds is 0. The summed E-state index contributed by atoms with van der Waals surface area (Å²) in [5, 5.41) is 33.9. The maximum atomic E-state index is 11.7. The van der Waals surface area contributed by atoms with Gasteiger partial charge in [0.05, 0.1) is 17.5 Å². The molecular formula is C10H19N3O3. The molecule has 0 bridgehead atoms. The lowest BCUT2D eigenvalue weighted by molar-refractivity contribution is -0.487. The number of hydrogen-bond donors (Lipinski definition) is 2. The Labute approximate surface area is 94.9 Å². The first kappa shape index (κ1) is 11.8. The summed E-state index contributed by atoms with van der Waals surface area (Å²) in [5.41, 5.74) is -0.545. The summed E-state index contributed by atoms with van der Waals surface area (Å²) < 4.78 is 0.821. The molecule has 2 aliphatic rings. The summed E-state index contributed by atoms with van der Waals surface area (Å²) in [6.45, 7) is 7.35. The lowest BCUT2D eigenvalue weighted by atomic mass is 9.77. The van der Waals surface area contributed by atoms with Gasteiger partial charge < -0.3 is 15.6 Å². The fraction of sp³-hybridized carbons (Fsp3) is 0.900. The molecule has 0 aliphatic carbocycles. The second-order valence-electron chi connectivity index (χ2n) is 5.81. The molecule has 0 saturated carbocycles. The quantitative estimate of drug-likeness (QED) is 0.470. The maximum Gasteiger partial charge on any atom is 0.231 e. The van der Waals surface area contributed by atoms with E-state index in [9.17, 15) is 15.6 Å². The van der Waals surface area contributed by atoms with E-state index in [4.69, 9.17) is 0 Å². The predicted octanol–water partition coefficient (Wildman–Crippen LogP) is 0.621. The SMILES string of the molecule is CC1(C)CC2=[N+]([O-])CN(O)C2C(C)(C)N1O. The molecule has 1 atom stereocenters. The van der Waals surface area contributed by atoms with Gasteiger partial charge in [-0.2, -0.15) is 9.80 Å². The molecule has 0 spiro atoms. The van der Waals surface area contributed by atoms with E-state index >= 15 is 0 Å². The van der Waals surface area contributed by atoms with Gasteiger partial charge in [-0.3, -0.25) is 0 Å². The monoisotopic (exact) mass is 229 g/mol. The van der Waals surface area contributed by atoms with Crippen molar-refractivity contribution >= 4 is 5.71 Å². The van der Waals surface area contributed by atoms with E-state index in [2.05, 4.69) is 0 Å². The minimum atomic E-state index is -0.689. The van der Waals surface area contributed by atoms with E-state index in [0.717, 1.165) is 9.80 Å². The molecule has 0 aromatic carbocycles. The van der Waals surface area contributed by atoms with Gasteiger partial charge in [-0.25, -0.2) is 0 Å². The van der Waals surface area contributed by atoms with Gasteiger partial charge >= 0.3 is 0 Å². The molecule has 16 heavy (non-hydrogen) atoms. The second-order valence-corrected chi connectivity index (χ2v) is 5.81. The van der Waals surface area contributed by atoms with E-state index in [1.807, 2.05) is 27.7 Å². The van der Waals surface area contributed by atoms with Gasteiger partial charge in [0.25, 0.3) is 0 Å². The Kier molecular flexibility index (Phi) is 2.33. The fourth-order valence-corrected chi connectivity index (χ4v) is 2.98. The number of nitrogens with zero attached hydrogens (tertiary/aromatic N) is 3. The summed E-state index contributed by atoms with van der Waals surface area (Å²) in [7, 11) is 0. The Morgan fingerprint density at radius 1 is 1.31 bits per heavy atom. The van der Waals surface area contributed by atoms with Crippen LogP contribution in [0.15, 0.2) is 0 Å². The summed E-state index contributed by atoms with van der Waals surface area (Å²) in [5.74, 6) is 0. The topological polar surface area (TPSA) is 73.0 Å². The van der Waals surface area contributed by atoms with Crippen LogP contribution >= 0.6 is 0 Å². The fourth-order valence-electron chi connectivity index (χ4n) is 2.98. The molecule has 2 N–H and O–H groups in total. The van der Waals surface area contributed by atoms with E-state index in [1.165, 1.54) is 5.06 Å². The normalized spacial score (nSPS) is 34.2. The zero-order valence-electron chi connectivity index (χ0n) is 10.1. The van der Waals surface area contributed by atoms with Gasteiger partial charge in [0.15, 0.2) is 5.71 Å². The van der Waals surface area contributed by atoms with Crippen molar-refractivity contribution < 1.29 is 15.2 Å². The highest BCUT2D eigenvalue weighted by atomic mass is 16.5. The van der Waals surface area contributed by atoms with Gasteiger partial charge in [-0.05, 0) is 27.7 Å². The molecule has 2 heterocycles. The third-order valence-corrected chi connectivity index (χ3v) is 3.61. The van der Waals surface area contributed by atoms with E-state index < -0.39 is 17.1 Å². The van der Waals surface area contributed by atoms with Crippen LogP contribution in [0.5, 0.6) is 0 Å². The van der Waals surface area contributed by atoms with Crippen LogP contribution in [-0.4, -0.2) is 54.8 Å².